The number of benzene rings is 1. The summed E-state index contributed by atoms with van der Waals surface area (Å²) in [4.78, 5) is 14.1. The number of aromatic nitrogens is 2. The summed E-state index contributed by atoms with van der Waals surface area (Å²) in [5.41, 5.74) is 1.98. The van der Waals surface area contributed by atoms with E-state index in [4.69, 9.17) is 4.74 Å². The summed E-state index contributed by atoms with van der Waals surface area (Å²) in [6.07, 6.45) is 4.79. The molecule has 1 aliphatic rings. The van der Waals surface area contributed by atoms with Crippen molar-refractivity contribution in [2.24, 2.45) is 0 Å². The van der Waals surface area contributed by atoms with E-state index in [1.807, 2.05) is 46.1 Å². The maximum Gasteiger partial charge on any atom is 0.317 e. The molecule has 0 spiro atoms. The lowest BCUT2D eigenvalue weighted by molar-refractivity contribution is -0.0154. The van der Waals surface area contributed by atoms with Crippen LogP contribution in [0.1, 0.15) is 18.9 Å². The summed E-state index contributed by atoms with van der Waals surface area (Å²) >= 11 is 0. The summed E-state index contributed by atoms with van der Waals surface area (Å²) in [5.74, 6) is 0. The lowest BCUT2D eigenvalue weighted by atomic mass is 10.2. The van der Waals surface area contributed by atoms with Crippen LogP contribution in [-0.4, -0.2) is 46.5 Å². The molecule has 0 saturated carbocycles. The number of morpholine rings is 1. The van der Waals surface area contributed by atoms with Gasteiger partial charge in [0.25, 0.3) is 0 Å². The SMILES string of the molecule is CC[C@@H]1CN(C(=O)NCc2cnn(-c3ccccc3)c2)CCO1. The molecule has 2 aromatic rings. The largest absolute Gasteiger partial charge is 0.375 e. The highest BCUT2D eigenvalue weighted by Crippen LogP contribution is 2.10. The predicted octanol–water partition coefficient (Wildman–Crippen LogP) is 2.19. The minimum atomic E-state index is -0.0424. The molecule has 0 unspecified atom stereocenters. The zero-order valence-corrected chi connectivity index (χ0v) is 13.3. The van der Waals surface area contributed by atoms with Gasteiger partial charge in [0, 0.05) is 31.4 Å². The first-order valence-corrected chi connectivity index (χ1v) is 7.99. The molecule has 0 aliphatic carbocycles. The van der Waals surface area contributed by atoms with Crippen molar-refractivity contribution in [2.75, 3.05) is 19.7 Å². The summed E-state index contributed by atoms with van der Waals surface area (Å²) in [6, 6.07) is 9.86. The van der Waals surface area contributed by atoms with Crippen molar-refractivity contribution in [1.29, 1.82) is 0 Å². The van der Waals surface area contributed by atoms with Crippen molar-refractivity contribution in [3.05, 3.63) is 48.3 Å². The zero-order valence-electron chi connectivity index (χ0n) is 13.3. The molecule has 1 saturated heterocycles. The second-order valence-electron chi connectivity index (χ2n) is 5.63. The van der Waals surface area contributed by atoms with Gasteiger partial charge in [-0.05, 0) is 18.6 Å². The van der Waals surface area contributed by atoms with E-state index in [0.29, 0.717) is 26.2 Å². The van der Waals surface area contributed by atoms with Crippen LogP contribution in [0, 0.1) is 0 Å². The van der Waals surface area contributed by atoms with Gasteiger partial charge in [0.2, 0.25) is 0 Å². The number of hydrogen-bond donors (Lipinski definition) is 1. The summed E-state index contributed by atoms with van der Waals surface area (Å²) in [6.45, 7) is 4.46. The second-order valence-corrected chi connectivity index (χ2v) is 5.63. The minimum absolute atomic E-state index is 0.0424. The number of carbonyl (C=O) groups excluding carboxylic acids is 1. The van der Waals surface area contributed by atoms with Crippen LogP contribution in [0.2, 0.25) is 0 Å². The molecule has 2 amide bonds. The molecule has 1 atom stereocenters. The molecule has 0 bridgehead atoms. The monoisotopic (exact) mass is 314 g/mol. The fourth-order valence-electron chi connectivity index (χ4n) is 2.61. The third kappa shape index (κ3) is 3.90. The van der Waals surface area contributed by atoms with E-state index in [-0.39, 0.29) is 12.1 Å². The fraction of sp³-hybridized carbons (Fsp3) is 0.412. The lowest BCUT2D eigenvalue weighted by Crippen LogP contribution is -2.49. The Hall–Kier alpha value is -2.34. The van der Waals surface area contributed by atoms with Gasteiger partial charge in [0.15, 0.2) is 0 Å². The van der Waals surface area contributed by atoms with Gasteiger partial charge in [0.05, 0.1) is 24.6 Å². The number of amides is 2. The van der Waals surface area contributed by atoms with Crippen molar-refractivity contribution in [2.45, 2.75) is 26.0 Å². The van der Waals surface area contributed by atoms with E-state index in [2.05, 4.69) is 17.3 Å². The van der Waals surface area contributed by atoms with Gasteiger partial charge in [-0.25, -0.2) is 9.48 Å². The molecule has 2 heterocycles. The molecule has 1 N–H and O–H groups in total. The molecule has 1 aromatic carbocycles. The quantitative estimate of drug-likeness (QED) is 0.941. The first-order valence-electron chi connectivity index (χ1n) is 7.99. The fourth-order valence-corrected chi connectivity index (χ4v) is 2.61. The Morgan fingerprint density at radius 1 is 1.39 bits per heavy atom. The molecule has 6 nitrogen and oxygen atoms in total. The van der Waals surface area contributed by atoms with Crippen LogP contribution in [0.5, 0.6) is 0 Å². The minimum Gasteiger partial charge on any atom is -0.375 e. The van der Waals surface area contributed by atoms with Gasteiger partial charge >= 0.3 is 6.03 Å². The number of para-hydroxylation sites is 1. The summed E-state index contributed by atoms with van der Waals surface area (Å²) in [5, 5.41) is 7.29. The standard InChI is InChI=1S/C17H22N4O2/c1-2-16-13-20(8-9-23-16)17(22)18-10-14-11-19-21(12-14)15-6-4-3-5-7-15/h3-7,11-12,16H,2,8-10,13H2,1H3,(H,18,22)/t16-/m1/s1. The highest BCUT2D eigenvalue weighted by Gasteiger charge is 2.22. The van der Waals surface area contributed by atoms with Crippen LogP contribution in [-0.2, 0) is 11.3 Å². The first kappa shape index (κ1) is 15.6. The van der Waals surface area contributed by atoms with Crippen molar-refractivity contribution in [1.82, 2.24) is 20.0 Å². The van der Waals surface area contributed by atoms with E-state index in [1.54, 1.807) is 6.20 Å². The van der Waals surface area contributed by atoms with Crippen LogP contribution < -0.4 is 5.32 Å². The number of nitrogens with one attached hydrogen (secondary N) is 1. The Kier molecular flexibility index (Phi) is 4.92. The van der Waals surface area contributed by atoms with E-state index < -0.39 is 0 Å². The number of nitrogens with zero attached hydrogens (tertiary/aromatic N) is 3. The average molecular weight is 314 g/mol. The summed E-state index contributed by atoms with van der Waals surface area (Å²) < 4.78 is 7.40. The number of urea groups is 1. The molecule has 0 radical (unpaired) electrons. The van der Waals surface area contributed by atoms with Gasteiger partial charge < -0.3 is 15.0 Å². The van der Waals surface area contributed by atoms with Crippen LogP contribution in [0.3, 0.4) is 0 Å². The maximum absolute atomic E-state index is 12.2. The Morgan fingerprint density at radius 3 is 3.00 bits per heavy atom. The summed E-state index contributed by atoms with van der Waals surface area (Å²) in [7, 11) is 0. The molecule has 1 fully saturated rings. The van der Waals surface area contributed by atoms with Crippen molar-refractivity contribution >= 4 is 6.03 Å². The average Bonchev–Trinajstić information content (AvgIpc) is 3.09. The van der Waals surface area contributed by atoms with Gasteiger partial charge in [-0.15, -0.1) is 0 Å². The van der Waals surface area contributed by atoms with Crippen LogP contribution in [0.25, 0.3) is 5.69 Å². The maximum atomic E-state index is 12.2. The van der Waals surface area contributed by atoms with E-state index in [9.17, 15) is 4.79 Å². The number of carbonyl (C=O) groups is 1. The third-order valence-electron chi connectivity index (χ3n) is 3.98. The highest BCUT2D eigenvalue weighted by atomic mass is 16.5. The predicted molar refractivity (Wildman–Crippen MR) is 87.4 cm³/mol. The van der Waals surface area contributed by atoms with Gasteiger partial charge in [-0.2, -0.15) is 5.10 Å². The highest BCUT2D eigenvalue weighted by molar-refractivity contribution is 5.74. The Balaban J connectivity index is 1.54. The molecule has 6 heteroatoms. The van der Waals surface area contributed by atoms with E-state index in [1.165, 1.54) is 0 Å². The first-order chi connectivity index (χ1) is 11.3. The molecule has 3 rings (SSSR count). The Labute approximate surface area is 136 Å². The van der Waals surface area contributed by atoms with Crippen molar-refractivity contribution < 1.29 is 9.53 Å². The van der Waals surface area contributed by atoms with Crippen molar-refractivity contribution in [3.63, 3.8) is 0 Å². The number of rotatable bonds is 4. The van der Waals surface area contributed by atoms with Crippen LogP contribution >= 0.6 is 0 Å². The van der Waals surface area contributed by atoms with Crippen molar-refractivity contribution in [3.8, 4) is 5.69 Å². The molecular formula is C17H22N4O2. The van der Waals surface area contributed by atoms with Gasteiger partial charge in [-0.1, -0.05) is 25.1 Å². The normalized spacial score (nSPS) is 18.0. The lowest BCUT2D eigenvalue weighted by Gasteiger charge is -2.32. The number of ether oxygens (including phenoxy) is 1. The molecular weight excluding hydrogens is 292 g/mol. The smallest absolute Gasteiger partial charge is 0.317 e. The second kappa shape index (κ2) is 7.28. The van der Waals surface area contributed by atoms with Crippen LogP contribution in [0.4, 0.5) is 4.79 Å². The molecule has 23 heavy (non-hydrogen) atoms. The molecule has 1 aliphatic heterocycles. The molecule has 122 valence electrons. The van der Waals surface area contributed by atoms with Gasteiger partial charge in [-0.3, -0.25) is 0 Å². The Bertz CT molecular complexity index is 641. The topological polar surface area (TPSA) is 59.4 Å². The zero-order chi connectivity index (χ0) is 16.1. The molecule has 1 aromatic heterocycles. The number of hydrogen-bond acceptors (Lipinski definition) is 3. The van der Waals surface area contributed by atoms with E-state index in [0.717, 1.165) is 17.7 Å². The Morgan fingerprint density at radius 2 is 2.22 bits per heavy atom. The van der Waals surface area contributed by atoms with Gasteiger partial charge in [0.1, 0.15) is 0 Å². The van der Waals surface area contributed by atoms with Crippen LogP contribution in [0.15, 0.2) is 42.7 Å². The third-order valence-corrected chi connectivity index (χ3v) is 3.98. The van der Waals surface area contributed by atoms with E-state index >= 15 is 0 Å².